The summed E-state index contributed by atoms with van der Waals surface area (Å²) in [6.45, 7) is 4.79. The van der Waals surface area contributed by atoms with Gasteiger partial charge in [-0.2, -0.15) is 0 Å². The number of hydrogen-bond donors (Lipinski definition) is 1. The Morgan fingerprint density at radius 1 is 1.03 bits per heavy atom. The van der Waals surface area contributed by atoms with Crippen LogP contribution in [-0.4, -0.2) is 41.9 Å². The zero-order valence-electron chi connectivity index (χ0n) is 19.0. The molecule has 0 aromatic heterocycles. The van der Waals surface area contributed by atoms with Gasteiger partial charge in [-0.05, 0) is 44.9 Å². The lowest BCUT2D eigenvalue weighted by molar-refractivity contribution is -0.144. The number of alkyl carbamates (subject to hydrolysis) is 1. The van der Waals surface area contributed by atoms with Crippen LogP contribution in [0.2, 0.25) is 0 Å². The molecule has 2 aromatic rings. The van der Waals surface area contributed by atoms with E-state index in [9.17, 15) is 19.2 Å². The fourth-order valence-corrected chi connectivity index (χ4v) is 3.44. The van der Waals surface area contributed by atoms with Crippen molar-refractivity contribution in [2.24, 2.45) is 0 Å². The highest BCUT2D eigenvalue weighted by molar-refractivity contribution is 6.10. The minimum Gasteiger partial charge on any atom is -0.459 e. The number of amides is 2. The minimum atomic E-state index is -1.03. The van der Waals surface area contributed by atoms with E-state index < -0.39 is 36.2 Å². The standard InChI is InChI=1S/C25H28N2O6/c1-25(2,3)33-24(31)26-19-13-14-21(28)18-11-7-8-12-20(18)27(23(19)30)15-22(29)32-16-17-9-5-4-6-10-17/h4-12,19H,13-16H2,1-3H3,(H,26,31)/t19-/m0/s1. The Hall–Kier alpha value is -3.68. The molecule has 1 aliphatic rings. The number of carbonyl (C=O) groups is 4. The number of nitrogens with one attached hydrogen (secondary N) is 1. The van der Waals surface area contributed by atoms with Crippen LogP contribution in [0.25, 0.3) is 0 Å². The van der Waals surface area contributed by atoms with E-state index in [2.05, 4.69) is 5.32 Å². The third kappa shape index (κ3) is 6.65. The summed E-state index contributed by atoms with van der Waals surface area (Å²) in [5.74, 6) is -1.33. The number of para-hydroxylation sites is 1. The number of ketones is 1. The first-order valence-corrected chi connectivity index (χ1v) is 10.8. The van der Waals surface area contributed by atoms with Crippen LogP contribution in [0.3, 0.4) is 0 Å². The van der Waals surface area contributed by atoms with Gasteiger partial charge in [0.1, 0.15) is 24.8 Å². The second kappa shape index (κ2) is 10.3. The number of rotatable bonds is 5. The van der Waals surface area contributed by atoms with E-state index in [1.165, 1.54) is 4.90 Å². The van der Waals surface area contributed by atoms with Crippen molar-refractivity contribution in [3.05, 3.63) is 65.7 Å². The number of hydrogen-bond acceptors (Lipinski definition) is 6. The fraction of sp³-hybridized carbons (Fsp3) is 0.360. The molecule has 0 unspecified atom stereocenters. The number of benzene rings is 2. The van der Waals surface area contributed by atoms with Crippen molar-refractivity contribution in [1.29, 1.82) is 0 Å². The molecule has 8 heteroatoms. The Kier molecular flexibility index (Phi) is 7.48. The Balaban J connectivity index is 1.82. The van der Waals surface area contributed by atoms with Crippen LogP contribution in [-0.2, 0) is 25.7 Å². The summed E-state index contributed by atoms with van der Waals surface area (Å²) in [5.41, 5.74) is 0.708. The van der Waals surface area contributed by atoms with Crippen molar-refractivity contribution in [1.82, 2.24) is 5.32 Å². The smallest absolute Gasteiger partial charge is 0.408 e. The van der Waals surface area contributed by atoms with E-state index in [-0.39, 0.29) is 25.2 Å². The summed E-state index contributed by atoms with van der Waals surface area (Å²) in [7, 11) is 0. The summed E-state index contributed by atoms with van der Waals surface area (Å²) in [5, 5.41) is 2.55. The van der Waals surface area contributed by atoms with Crippen LogP contribution in [0, 0.1) is 0 Å². The van der Waals surface area contributed by atoms with E-state index in [1.54, 1.807) is 45.0 Å². The summed E-state index contributed by atoms with van der Waals surface area (Å²) in [6, 6.07) is 14.7. The molecule has 0 saturated carbocycles. The maximum atomic E-state index is 13.4. The number of fused-ring (bicyclic) bond motifs is 1. The number of anilines is 1. The maximum Gasteiger partial charge on any atom is 0.408 e. The Morgan fingerprint density at radius 3 is 2.39 bits per heavy atom. The molecule has 174 valence electrons. The Bertz CT molecular complexity index is 1030. The van der Waals surface area contributed by atoms with Crippen molar-refractivity contribution < 1.29 is 28.7 Å². The molecular formula is C25H28N2O6. The van der Waals surface area contributed by atoms with Crippen molar-refractivity contribution in [2.75, 3.05) is 11.4 Å². The van der Waals surface area contributed by atoms with Gasteiger partial charge in [0, 0.05) is 12.0 Å². The molecule has 2 amide bonds. The largest absolute Gasteiger partial charge is 0.459 e. The van der Waals surface area contributed by atoms with Crippen LogP contribution in [0.15, 0.2) is 54.6 Å². The van der Waals surface area contributed by atoms with Crippen LogP contribution < -0.4 is 10.2 Å². The van der Waals surface area contributed by atoms with E-state index in [1.807, 2.05) is 30.3 Å². The highest BCUT2D eigenvalue weighted by atomic mass is 16.6. The van der Waals surface area contributed by atoms with Gasteiger partial charge >= 0.3 is 12.1 Å². The van der Waals surface area contributed by atoms with E-state index in [0.29, 0.717) is 11.3 Å². The van der Waals surface area contributed by atoms with Crippen molar-refractivity contribution >= 4 is 29.4 Å². The first-order chi connectivity index (χ1) is 15.6. The number of ether oxygens (including phenoxy) is 2. The molecule has 33 heavy (non-hydrogen) atoms. The number of Topliss-reactive ketones (excluding diaryl/α,β-unsaturated/α-hetero) is 1. The second-order valence-corrected chi connectivity index (χ2v) is 8.75. The molecule has 8 nitrogen and oxygen atoms in total. The van der Waals surface area contributed by atoms with Crippen LogP contribution in [0.5, 0.6) is 0 Å². The van der Waals surface area contributed by atoms with Gasteiger partial charge < -0.3 is 14.8 Å². The molecule has 0 saturated heterocycles. The van der Waals surface area contributed by atoms with Crippen LogP contribution in [0.4, 0.5) is 10.5 Å². The molecule has 2 aromatic carbocycles. The van der Waals surface area contributed by atoms with Crippen molar-refractivity contribution in [3.8, 4) is 0 Å². The lowest BCUT2D eigenvalue weighted by atomic mass is 9.97. The lowest BCUT2D eigenvalue weighted by Crippen LogP contribution is -2.52. The van der Waals surface area contributed by atoms with Gasteiger partial charge in [-0.3, -0.25) is 19.3 Å². The monoisotopic (exact) mass is 452 g/mol. The fourth-order valence-electron chi connectivity index (χ4n) is 3.44. The lowest BCUT2D eigenvalue weighted by Gasteiger charge is -2.31. The molecule has 1 aliphatic heterocycles. The first-order valence-electron chi connectivity index (χ1n) is 10.8. The molecule has 3 rings (SSSR count). The average molecular weight is 453 g/mol. The molecule has 1 atom stereocenters. The highest BCUT2D eigenvalue weighted by Crippen LogP contribution is 2.27. The van der Waals surface area contributed by atoms with Crippen LogP contribution in [0.1, 0.15) is 49.5 Å². The quantitative estimate of drug-likeness (QED) is 0.695. The molecule has 0 bridgehead atoms. The summed E-state index contributed by atoms with van der Waals surface area (Å²) in [6.07, 6.45) is -0.621. The van der Waals surface area contributed by atoms with Crippen LogP contribution >= 0.6 is 0 Å². The molecule has 1 N–H and O–H groups in total. The first kappa shape index (κ1) is 24.0. The Labute approximate surface area is 192 Å². The molecule has 1 heterocycles. The summed E-state index contributed by atoms with van der Waals surface area (Å²) < 4.78 is 10.6. The van der Waals surface area contributed by atoms with Gasteiger partial charge in [-0.25, -0.2) is 4.79 Å². The normalized spacial score (nSPS) is 16.3. The predicted molar refractivity (Wildman–Crippen MR) is 122 cm³/mol. The SMILES string of the molecule is CC(C)(C)OC(=O)N[C@H]1CCC(=O)c2ccccc2N(CC(=O)OCc2ccccc2)C1=O. The summed E-state index contributed by atoms with van der Waals surface area (Å²) >= 11 is 0. The highest BCUT2D eigenvalue weighted by Gasteiger charge is 2.34. The van der Waals surface area contributed by atoms with Crippen molar-refractivity contribution in [2.45, 2.75) is 51.9 Å². The third-order valence-corrected chi connectivity index (χ3v) is 4.94. The van der Waals surface area contributed by atoms with Gasteiger partial charge in [0.15, 0.2) is 5.78 Å². The zero-order chi connectivity index (χ0) is 24.0. The topological polar surface area (TPSA) is 102 Å². The third-order valence-electron chi connectivity index (χ3n) is 4.94. The van der Waals surface area contributed by atoms with E-state index in [4.69, 9.17) is 9.47 Å². The maximum absolute atomic E-state index is 13.4. The Morgan fingerprint density at radius 2 is 1.70 bits per heavy atom. The summed E-state index contributed by atoms with van der Waals surface area (Å²) in [4.78, 5) is 52.3. The van der Waals surface area contributed by atoms with Gasteiger partial charge in [-0.1, -0.05) is 42.5 Å². The number of esters is 1. The molecule has 0 radical (unpaired) electrons. The van der Waals surface area contributed by atoms with Gasteiger partial charge in [-0.15, -0.1) is 0 Å². The van der Waals surface area contributed by atoms with Crippen molar-refractivity contribution in [3.63, 3.8) is 0 Å². The van der Waals surface area contributed by atoms with E-state index in [0.717, 1.165) is 5.56 Å². The molecule has 0 fully saturated rings. The molecule has 0 spiro atoms. The minimum absolute atomic E-state index is 0.0574. The van der Waals surface area contributed by atoms with E-state index >= 15 is 0 Å². The van der Waals surface area contributed by atoms with Gasteiger partial charge in [0.05, 0.1) is 5.69 Å². The predicted octanol–water partition coefficient (Wildman–Crippen LogP) is 3.63. The molecule has 0 aliphatic carbocycles. The van der Waals surface area contributed by atoms with Gasteiger partial charge in [0.2, 0.25) is 5.91 Å². The second-order valence-electron chi connectivity index (χ2n) is 8.75. The number of carbonyl (C=O) groups excluding carboxylic acids is 4. The zero-order valence-corrected chi connectivity index (χ0v) is 19.0. The average Bonchev–Trinajstić information content (AvgIpc) is 2.77. The number of nitrogens with zero attached hydrogens (tertiary/aromatic N) is 1. The van der Waals surface area contributed by atoms with Gasteiger partial charge in [0.25, 0.3) is 0 Å². The molecular weight excluding hydrogens is 424 g/mol.